The van der Waals surface area contributed by atoms with Crippen molar-refractivity contribution in [2.24, 2.45) is 5.92 Å². The zero-order chi connectivity index (χ0) is 36.8. The van der Waals surface area contributed by atoms with E-state index in [1.807, 2.05) is 99.8 Å². The number of aromatic nitrogens is 2. The zero-order valence-corrected chi connectivity index (χ0v) is 30.6. The van der Waals surface area contributed by atoms with Crippen LogP contribution >= 0.6 is 11.3 Å². The van der Waals surface area contributed by atoms with Crippen molar-refractivity contribution in [2.75, 3.05) is 7.05 Å². The number of alkyl carbamates (subject to hydrolysis) is 1. The van der Waals surface area contributed by atoms with E-state index < -0.39 is 36.4 Å². The van der Waals surface area contributed by atoms with Gasteiger partial charge in [-0.25, -0.2) is 14.6 Å². The van der Waals surface area contributed by atoms with Crippen molar-refractivity contribution in [1.29, 1.82) is 0 Å². The number of aliphatic hydroxyl groups is 1. The maximum absolute atomic E-state index is 13.9. The van der Waals surface area contributed by atoms with E-state index >= 15 is 0 Å². The Bertz CT molecular complexity index is 1700. The Morgan fingerprint density at radius 3 is 2.25 bits per heavy atom. The Morgan fingerprint density at radius 2 is 1.65 bits per heavy atom. The maximum atomic E-state index is 13.9. The minimum Gasteiger partial charge on any atom is -0.441 e. The standard InChI is InChI=1S/C38H48N6O6S/c1-6-26(4)36-41-30(24-51-36)22-44(5)37(47)43-34(25(2)3)35(46)40-29(19-27-13-9-7-10-14-27)21-33(45)32(20-28-15-11-8-12-16-28)42-38(48)49-23-31-17-18-39-50-31/h6-18,24-25,29,32-34,45H,19-23H2,1-5H3,(H,40,46)(H,42,48)(H,43,47)/t29-,32-,33-,34-/m0/s1. The summed E-state index contributed by atoms with van der Waals surface area (Å²) in [7, 11) is 1.66. The van der Waals surface area contributed by atoms with Gasteiger partial charge in [0.05, 0.1) is 30.6 Å². The lowest BCUT2D eigenvalue weighted by molar-refractivity contribution is -0.124. The molecule has 0 saturated heterocycles. The Hall–Kier alpha value is -5.01. The van der Waals surface area contributed by atoms with Crippen molar-refractivity contribution in [1.82, 2.24) is 31.0 Å². The summed E-state index contributed by atoms with van der Waals surface area (Å²) in [6, 6.07) is 18.2. The molecular formula is C38H48N6O6S. The third-order valence-corrected chi connectivity index (χ3v) is 9.42. The van der Waals surface area contributed by atoms with Crippen LogP contribution in [0.4, 0.5) is 9.59 Å². The minimum absolute atomic E-state index is 0.108. The summed E-state index contributed by atoms with van der Waals surface area (Å²) in [5.74, 6) is -0.233. The Kier molecular flexibility index (Phi) is 14.8. The van der Waals surface area contributed by atoms with Gasteiger partial charge in [-0.05, 0) is 55.7 Å². The molecule has 272 valence electrons. The number of nitrogens with zero attached hydrogens (tertiary/aromatic N) is 3. The van der Waals surface area contributed by atoms with E-state index in [9.17, 15) is 19.5 Å². The molecule has 0 bridgehead atoms. The Morgan fingerprint density at radius 1 is 0.980 bits per heavy atom. The molecule has 4 aromatic rings. The fraction of sp³-hybridized carbons (Fsp3) is 0.395. The second kappa shape index (κ2) is 19.4. The molecule has 2 aromatic carbocycles. The summed E-state index contributed by atoms with van der Waals surface area (Å²) in [5.41, 5.74) is 3.68. The highest BCUT2D eigenvalue weighted by Crippen LogP contribution is 2.20. The second-order valence-corrected chi connectivity index (χ2v) is 13.7. The van der Waals surface area contributed by atoms with Gasteiger partial charge in [-0.15, -0.1) is 11.3 Å². The monoisotopic (exact) mass is 716 g/mol. The van der Waals surface area contributed by atoms with Gasteiger partial charge in [0.1, 0.15) is 11.0 Å². The molecule has 12 nitrogen and oxygen atoms in total. The van der Waals surface area contributed by atoms with Gasteiger partial charge in [-0.1, -0.05) is 85.7 Å². The molecule has 2 heterocycles. The van der Waals surface area contributed by atoms with E-state index in [1.165, 1.54) is 22.4 Å². The van der Waals surface area contributed by atoms with Crippen molar-refractivity contribution in [3.63, 3.8) is 0 Å². The van der Waals surface area contributed by atoms with E-state index in [1.54, 1.807) is 13.1 Å². The normalized spacial score (nSPS) is 13.9. The van der Waals surface area contributed by atoms with Gasteiger partial charge in [-0.3, -0.25) is 4.79 Å². The van der Waals surface area contributed by atoms with Gasteiger partial charge in [0.15, 0.2) is 12.4 Å². The predicted octanol–water partition coefficient (Wildman–Crippen LogP) is 5.74. The Labute approximate surface area is 303 Å². The first-order chi connectivity index (χ1) is 24.5. The molecule has 0 aliphatic carbocycles. The van der Waals surface area contributed by atoms with Crippen LogP contribution in [0.1, 0.15) is 61.7 Å². The van der Waals surface area contributed by atoms with Crippen LogP contribution in [0.25, 0.3) is 5.57 Å². The molecule has 13 heteroatoms. The molecular weight excluding hydrogens is 669 g/mol. The summed E-state index contributed by atoms with van der Waals surface area (Å²) in [6.45, 7) is 7.84. The number of amides is 4. The van der Waals surface area contributed by atoms with Crippen LogP contribution in [0.5, 0.6) is 0 Å². The van der Waals surface area contributed by atoms with Crippen LogP contribution in [0.3, 0.4) is 0 Å². The smallest absolute Gasteiger partial charge is 0.407 e. The average molecular weight is 717 g/mol. The number of hydrogen-bond donors (Lipinski definition) is 4. The third kappa shape index (κ3) is 12.4. The second-order valence-electron chi connectivity index (χ2n) is 12.8. The van der Waals surface area contributed by atoms with Crippen LogP contribution in [0.15, 0.2) is 88.9 Å². The first-order valence-electron chi connectivity index (χ1n) is 17.0. The SMILES string of the molecule is CC=C(C)c1nc(CN(C)C(=O)N[C@H](C(=O)N[C@@H](Cc2ccccc2)C[C@H](O)[C@H](Cc2ccccc2)NC(=O)OCc2ccno2)C(C)C)cs1. The van der Waals surface area contributed by atoms with Crippen molar-refractivity contribution < 1.29 is 28.8 Å². The summed E-state index contributed by atoms with van der Waals surface area (Å²) in [4.78, 5) is 46.2. The van der Waals surface area contributed by atoms with Crippen LogP contribution in [-0.4, -0.2) is 69.5 Å². The summed E-state index contributed by atoms with van der Waals surface area (Å²) in [5, 5.41) is 26.9. The van der Waals surface area contributed by atoms with Crippen molar-refractivity contribution >= 4 is 34.9 Å². The number of carbonyl (C=O) groups excluding carboxylic acids is 3. The van der Waals surface area contributed by atoms with Crippen molar-refractivity contribution in [3.8, 4) is 0 Å². The maximum Gasteiger partial charge on any atom is 0.407 e. The average Bonchev–Trinajstić information content (AvgIpc) is 3.82. The van der Waals surface area contributed by atoms with Gasteiger partial charge in [-0.2, -0.15) is 0 Å². The van der Waals surface area contributed by atoms with Crippen LogP contribution in [0.2, 0.25) is 0 Å². The van der Waals surface area contributed by atoms with E-state index in [0.717, 1.165) is 27.4 Å². The molecule has 2 aromatic heterocycles. The fourth-order valence-electron chi connectivity index (χ4n) is 5.41. The Balaban J connectivity index is 1.46. The highest BCUT2D eigenvalue weighted by molar-refractivity contribution is 7.10. The molecule has 4 atom stereocenters. The molecule has 0 aliphatic heterocycles. The summed E-state index contributed by atoms with van der Waals surface area (Å²) in [6.07, 6.45) is 2.47. The molecule has 0 fully saturated rings. The number of aliphatic hydroxyl groups excluding tert-OH is 1. The molecule has 4 amide bonds. The lowest BCUT2D eigenvalue weighted by atomic mass is 9.93. The number of rotatable bonds is 17. The fourth-order valence-corrected chi connectivity index (χ4v) is 6.26. The lowest BCUT2D eigenvalue weighted by Gasteiger charge is -2.30. The molecule has 0 radical (unpaired) electrons. The van der Waals surface area contributed by atoms with E-state index in [0.29, 0.717) is 18.6 Å². The molecule has 51 heavy (non-hydrogen) atoms. The topological polar surface area (TPSA) is 159 Å². The molecule has 0 unspecified atom stereocenters. The number of nitrogens with one attached hydrogen (secondary N) is 3. The van der Waals surface area contributed by atoms with E-state index in [4.69, 9.17) is 9.26 Å². The highest BCUT2D eigenvalue weighted by Gasteiger charge is 2.31. The number of ether oxygens (including phenoxy) is 1. The van der Waals surface area contributed by atoms with Gasteiger partial charge >= 0.3 is 12.1 Å². The number of urea groups is 1. The first kappa shape index (κ1) is 38.8. The molecule has 0 spiro atoms. The van der Waals surface area contributed by atoms with E-state index in [-0.39, 0.29) is 31.4 Å². The number of benzene rings is 2. The van der Waals surface area contributed by atoms with Gasteiger partial charge < -0.3 is 35.2 Å². The van der Waals surface area contributed by atoms with Crippen LogP contribution in [-0.2, 0) is 35.5 Å². The van der Waals surface area contributed by atoms with Gasteiger partial charge in [0, 0.05) is 24.5 Å². The largest absolute Gasteiger partial charge is 0.441 e. The molecule has 4 N–H and O–H groups in total. The van der Waals surface area contributed by atoms with Crippen molar-refractivity contribution in [2.45, 2.75) is 84.3 Å². The number of carbonyl (C=O) groups is 3. The molecule has 4 rings (SSSR count). The predicted molar refractivity (Wildman–Crippen MR) is 197 cm³/mol. The quantitative estimate of drug-likeness (QED) is 0.108. The first-order valence-corrected chi connectivity index (χ1v) is 17.9. The number of hydrogen-bond acceptors (Lipinski definition) is 9. The van der Waals surface area contributed by atoms with E-state index in [2.05, 4.69) is 26.1 Å². The van der Waals surface area contributed by atoms with Gasteiger partial charge in [0.25, 0.3) is 0 Å². The lowest BCUT2D eigenvalue weighted by Crippen LogP contribution is -2.55. The third-order valence-electron chi connectivity index (χ3n) is 8.40. The van der Waals surface area contributed by atoms with Crippen LogP contribution < -0.4 is 16.0 Å². The summed E-state index contributed by atoms with van der Waals surface area (Å²) < 4.78 is 10.3. The number of thiazole rings is 1. The van der Waals surface area contributed by atoms with Crippen LogP contribution in [0, 0.1) is 5.92 Å². The zero-order valence-electron chi connectivity index (χ0n) is 29.7. The number of allylic oxidation sites excluding steroid dienone is 2. The van der Waals surface area contributed by atoms with Crippen molar-refractivity contribution in [3.05, 3.63) is 112 Å². The minimum atomic E-state index is -1.08. The molecule has 0 saturated carbocycles. The molecule has 0 aliphatic rings. The summed E-state index contributed by atoms with van der Waals surface area (Å²) >= 11 is 1.52. The van der Waals surface area contributed by atoms with Gasteiger partial charge in [0.2, 0.25) is 5.91 Å². The highest BCUT2D eigenvalue weighted by atomic mass is 32.1.